The topological polar surface area (TPSA) is 129 Å². The molecular weight excluding hydrogens is 541 g/mol. The number of hydrogen-bond donors (Lipinski definition) is 3. The number of rotatable bonds is 6. The van der Waals surface area contributed by atoms with Gasteiger partial charge in [0.15, 0.2) is 0 Å². The molecule has 2 aliphatic rings. The SMILES string of the molecule is O=C(N/C=C(/NC(=O)c1cc2c(cc1Cl)CN(C(=O)c1ccc3ccoc3c1)CC2)C(=O)O)C1=CCCC(F)=C1. The van der Waals surface area contributed by atoms with Crippen molar-refractivity contribution in [2.45, 2.75) is 25.8 Å². The zero-order valence-electron chi connectivity index (χ0n) is 21.0. The highest BCUT2D eigenvalue weighted by Crippen LogP contribution is 2.28. The van der Waals surface area contributed by atoms with Crippen molar-refractivity contribution in [1.29, 1.82) is 0 Å². The van der Waals surface area contributed by atoms with Gasteiger partial charge in [-0.05, 0) is 60.4 Å². The van der Waals surface area contributed by atoms with E-state index in [0.29, 0.717) is 30.5 Å². The molecule has 3 aromatic rings. The Morgan fingerprint density at radius 1 is 1.05 bits per heavy atom. The molecular formula is C29H23ClFN3O6. The summed E-state index contributed by atoms with van der Waals surface area (Å²) in [5, 5.41) is 15.0. The summed E-state index contributed by atoms with van der Waals surface area (Å²) in [5.41, 5.74) is 2.18. The molecule has 0 saturated carbocycles. The molecule has 1 aliphatic heterocycles. The molecule has 3 N–H and O–H groups in total. The quantitative estimate of drug-likeness (QED) is 0.375. The summed E-state index contributed by atoms with van der Waals surface area (Å²) < 4.78 is 18.9. The van der Waals surface area contributed by atoms with Gasteiger partial charge in [-0.25, -0.2) is 9.18 Å². The van der Waals surface area contributed by atoms with Crippen LogP contribution < -0.4 is 10.6 Å². The minimum atomic E-state index is -1.50. The fourth-order valence-electron chi connectivity index (χ4n) is 4.58. The number of carbonyl (C=O) groups excluding carboxylic acids is 3. The van der Waals surface area contributed by atoms with E-state index < -0.39 is 29.3 Å². The van der Waals surface area contributed by atoms with E-state index in [1.807, 2.05) is 12.1 Å². The first-order valence-corrected chi connectivity index (χ1v) is 12.8. The van der Waals surface area contributed by atoms with E-state index in [9.17, 15) is 28.7 Å². The van der Waals surface area contributed by atoms with Gasteiger partial charge in [0.2, 0.25) is 0 Å². The smallest absolute Gasteiger partial charge is 0.353 e. The predicted molar refractivity (Wildman–Crippen MR) is 144 cm³/mol. The van der Waals surface area contributed by atoms with Gasteiger partial charge in [-0.15, -0.1) is 0 Å². The molecule has 0 saturated heterocycles. The van der Waals surface area contributed by atoms with E-state index in [4.69, 9.17) is 16.0 Å². The monoisotopic (exact) mass is 563 g/mol. The van der Waals surface area contributed by atoms with Gasteiger partial charge >= 0.3 is 5.97 Å². The molecule has 2 heterocycles. The Labute approximate surface area is 232 Å². The summed E-state index contributed by atoms with van der Waals surface area (Å²) in [4.78, 5) is 51.7. The van der Waals surface area contributed by atoms with E-state index in [1.165, 1.54) is 6.08 Å². The van der Waals surface area contributed by atoms with Gasteiger partial charge < -0.3 is 25.1 Å². The number of carboxylic acids is 1. The molecule has 204 valence electrons. The Hall–Kier alpha value is -4.70. The van der Waals surface area contributed by atoms with Gasteiger partial charge in [-0.1, -0.05) is 23.7 Å². The van der Waals surface area contributed by atoms with Crippen LogP contribution in [0.25, 0.3) is 11.0 Å². The molecule has 0 fully saturated rings. The van der Waals surface area contributed by atoms with Crippen LogP contribution in [0, 0.1) is 0 Å². The third-order valence-electron chi connectivity index (χ3n) is 6.68. The highest BCUT2D eigenvalue weighted by Gasteiger charge is 2.25. The average Bonchev–Trinajstić information content (AvgIpc) is 3.41. The lowest BCUT2D eigenvalue weighted by molar-refractivity contribution is -0.133. The van der Waals surface area contributed by atoms with Crippen LogP contribution in [0.4, 0.5) is 4.39 Å². The normalized spacial score (nSPS) is 15.2. The fourth-order valence-corrected chi connectivity index (χ4v) is 4.85. The fraction of sp³-hybridized carbons (Fsp3) is 0.172. The van der Waals surface area contributed by atoms with Gasteiger partial charge in [0.1, 0.15) is 17.1 Å². The maximum absolute atomic E-state index is 13.5. The molecule has 5 rings (SSSR count). The van der Waals surface area contributed by atoms with E-state index >= 15 is 0 Å². The molecule has 9 nitrogen and oxygen atoms in total. The van der Waals surface area contributed by atoms with Gasteiger partial charge in [0, 0.05) is 42.2 Å². The minimum Gasteiger partial charge on any atom is -0.477 e. The standard InChI is InChI=1S/C29H23ClFN3O6/c30-23-12-20-15-34(28(37)19-5-4-16-7-9-40-25(16)13-19)8-6-17(20)11-22(23)27(36)33-24(29(38)39)14-32-26(35)18-2-1-3-21(31)10-18/h2,4-5,7,9-14H,1,3,6,8,15H2,(H,32,35)(H,33,36)(H,38,39)/b24-14+. The number of furan rings is 1. The molecule has 1 aromatic heterocycles. The Bertz CT molecular complexity index is 1650. The molecule has 11 heteroatoms. The third kappa shape index (κ3) is 5.67. The van der Waals surface area contributed by atoms with Crippen LogP contribution in [0.5, 0.6) is 0 Å². The Balaban J connectivity index is 1.28. The zero-order valence-corrected chi connectivity index (χ0v) is 21.8. The van der Waals surface area contributed by atoms with Crippen LogP contribution in [0.15, 0.2) is 82.5 Å². The summed E-state index contributed by atoms with van der Waals surface area (Å²) >= 11 is 6.40. The first-order chi connectivity index (χ1) is 19.2. The van der Waals surface area contributed by atoms with Crippen LogP contribution in [0.2, 0.25) is 5.02 Å². The lowest BCUT2D eigenvalue weighted by Crippen LogP contribution is -2.36. The number of amides is 3. The number of fused-ring (bicyclic) bond motifs is 2. The van der Waals surface area contributed by atoms with Gasteiger partial charge in [0.05, 0.1) is 16.8 Å². The highest BCUT2D eigenvalue weighted by atomic mass is 35.5. The number of carbonyl (C=O) groups is 4. The molecule has 40 heavy (non-hydrogen) atoms. The molecule has 0 unspecified atom stereocenters. The maximum Gasteiger partial charge on any atom is 0.353 e. The van der Waals surface area contributed by atoms with Crippen LogP contribution in [-0.4, -0.2) is 40.2 Å². The lowest BCUT2D eigenvalue weighted by atomic mass is 9.96. The van der Waals surface area contributed by atoms with Gasteiger partial charge in [-0.3, -0.25) is 14.4 Å². The van der Waals surface area contributed by atoms with Crippen molar-refractivity contribution >= 4 is 46.3 Å². The Kier molecular flexibility index (Phi) is 7.52. The van der Waals surface area contributed by atoms with E-state index in [0.717, 1.165) is 28.8 Å². The van der Waals surface area contributed by atoms with Crippen molar-refractivity contribution in [1.82, 2.24) is 15.5 Å². The summed E-state index contributed by atoms with van der Waals surface area (Å²) in [6.45, 7) is 0.686. The molecule has 3 amide bonds. The number of hydrogen-bond acceptors (Lipinski definition) is 5. The largest absolute Gasteiger partial charge is 0.477 e. The second kappa shape index (κ2) is 11.2. The highest BCUT2D eigenvalue weighted by molar-refractivity contribution is 6.34. The van der Waals surface area contributed by atoms with E-state index in [-0.39, 0.29) is 35.0 Å². The zero-order chi connectivity index (χ0) is 28.4. The van der Waals surface area contributed by atoms with Crippen molar-refractivity contribution < 1.29 is 33.1 Å². The first kappa shape index (κ1) is 26.9. The van der Waals surface area contributed by atoms with Gasteiger partial charge in [-0.2, -0.15) is 0 Å². The van der Waals surface area contributed by atoms with Gasteiger partial charge in [0.25, 0.3) is 17.7 Å². The summed E-state index contributed by atoms with van der Waals surface area (Å²) in [6, 6.07) is 10.2. The maximum atomic E-state index is 13.5. The number of aliphatic carboxylic acids is 1. The van der Waals surface area contributed by atoms with Crippen molar-refractivity contribution in [3.8, 4) is 0 Å². The van der Waals surface area contributed by atoms with Crippen LogP contribution in [-0.2, 0) is 22.6 Å². The number of carboxylic acid groups (broad SMARTS) is 1. The summed E-state index contributed by atoms with van der Waals surface area (Å²) in [5.74, 6) is -3.61. The molecule has 0 spiro atoms. The number of allylic oxidation sites excluding steroid dienone is 2. The number of nitrogens with zero attached hydrogens (tertiary/aromatic N) is 1. The molecule has 0 atom stereocenters. The number of nitrogens with one attached hydrogen (secondary N) is 2. The molecule has 1 aliphatic carbocycles. The van der Waals surface area contributed by atoms with Crippen LogP contribution in [0.3, 0.4) is 0 Å². The van der Waals surface area contributed by atoms with Crippen molar-refractivity contribution in [2.24, 2.45) is 0 Å². The Morgan fingerprint density at radius 2 is 1.88 bits per heavy atom. The average molecular weight is 564 g/mol. The summed E-state index contributed by atoms with van der Waals surface area (Å²) in [6.07, 6.45) is 6.00. The van der Waals surface area contributed by atoms with Crippen molar-refractivity contribution in [3.05, 3.63) is 105 Å². The second-order valence-electron chi connectivity index (χ2n) is 9.33. The van der Waals surface area contributed by atoms with E-state index in [1.54, 1.807) is 35.4 Å². The Morgan fingerprint density at radius 3 is 2.65 bits per heavy atom. The predicted octanol–water partition coefficient (Wildman–Crippen LogP) is 4.63. The van der Waals surface area contributed by atoms with Crippen molar-refractivity contribution in [2.75, 3.05) is 6.54 Å². The lowest BCUT2D eigenvalue weighted by Gasteiger charge is -2.29. The summed E-state index contributed by atoms with van der Waals surface area (Å²) in [7, 11) is 0. The number of halogens is 2. The molecule has 2 aromatic carbocycles. The first-order valence-electron chi connectivity index (χ1n) is 12.4. The molecule has 0 radical (unpaired) electrons. The van der Waals surface area contributed by atoms with E-state index in [2.05, 4.69) is 10.6 Å². The molecule has 0 bridgehead atoms. The second-order valence-corrected chi connectivity index (χ2v) is 9.74. The minimum absolute atomic E-state index is 0.0435. The van der Waals surface area contributed by atoms with Crippen LogP contribution in [0.1, 0.15) is 44.7 Å². The van der Waals surface area contributed by atoms with Crippen LogP contribution >= 0.6 is 11.6 Å². The van der Waals surface area contributed by atoms with Crippen molar-refractivity contribution in [3.63, 3.8) is 0 Å². The number of benzene rings is 2. The third-order valence-corrected chi connectivity index (χ3v) is 7.00.